The fourth-order valence-corrected chi connectivity index (χ4v) is 4.18. The number of phenolic OH excluding ortho intramolecular Hbond substituents is 1. The zero-order valence-corrected chi connectivity index (χ0v) is 17.8. The van der Waals surface area contributed by atoms with Crippen molar-refractivity contribution in [3.63, 3.8) is 0 Å². The van der Waals surface area contributed by atoms with Crippen LogP contribution in [-0.2, 0) is 17.8 Å². The molecule has 5 nitrogen and oxygen atoms in total. The highest BCUT2D eigenvalue weighted by atomic mass is 16.5. The first-order valence-corrected chi connectivity index (χ1v) is 10.7. The Bertz CT molecular complexity index is 1430. The van der Waals surface area contributed by atoms with Crippen LogP contribution in [0.2, 0.25) is 0 Å². The number of pyridine rings is 1. The van der Waals surface area contributed by atoms with Gasteiger partial charge in [0.25, 0.3) is 0 Å². The number of hydrogen-bond donors (Lipinski definition) is 1. The van der Waals surface area contributed by atoms with Crippen molar-refractivity contribution in [2.75, 3.05) is 0 Å². The number of nitriles is 1. The summed E-state index contributed by atoms with van der Waals surface area (Å²) in [6.45, 7) is 0.131. The molecule has 1 heterocycles. The number of ether oxygens (including phenoxy) is 1. The van der Waals surface area contributed by atoms with Gasteiger partial charge in [0.15, 0.2) is 0 Å². The smallest absolute Gasteiger partial charge is 0.339 e. The summed E-state index contributed by atoms with van der Waals surface area (Å²) < 4.78 is 5.69. The number of hydrogen-bond acceptors (Lipinski definition) is 5. The molecular weight excluding hydrogens is 412 g/mol. The maximum absolute atomic E-state index is 13.3. The third-order valence-electron chi connectivity index (χ3n) is 5.83. The van der Waals surface area contributed by atoms with Crippen molar-refractivity contribution in [1.29, 1.82) is 5.26 Å². The number of nitrogens with zero attached hydrogens (tertiary/aromatic N) is 2. The Labute approximate surface area is 191 Å². The molecule has 0 saturated carbocycles. The van der Waals surface area contributed by atoms with Crippen molar-refractivity contribution < 1.29 is 14.6 Å². The lowest BCUT2D eigenvalue weighted by molar-refractivity contribution is 0.0474. The summed E-state index contributed by atoms with van der Waals surface area (Å²) >= 11 is 0. The van der Waals surface area contributed by atoms with Crippen LogP contribution in [0.1, 0.15) is 44.7 Å². The van der Waals surface area contributed by atoms with Crippen molar-refractivity contribution >= 4 is 28.5 Å². The number of allylic oxidation sites excluding steroid dienone is 1. The van der Waals surface area contributed by atoms with Gasteiger partial charge < -0.3 is 9.84 Å². The standard InChI is InChI=1S/C28H20N2O3/c29-16-19-5-7-20(8-6-19)17-33-28(32)26-23-3-1-2-4-25(23)30-27-21(11-14-24(26)27)15-18-9-12-22(31)13-10-18/h1-10,12-13,15,31H,11,14,17H2/b21-15+. The molecule has 1 aliphatic rings. The van der Waals surface area contributed by atoms with E-state index in [-0.39, 0.29) is 18.3 Å². The van der Waals surface area contributed by atoms with Gasteiger partial charge in [-0.25, -0.2) is 9.78 Å². The Hall–Kier alpha value is -4.43. The van der Waals surface area contributed by atoms with Crippen LogP contribution in [0.3, 0.4) is 0 Å². The van der Waals surface area contributed by atoms with Gasteiger partial charge in [-0.15, -0.1) is 0 Å². The number of carbonyl (C=O) groups excluding carboxylic acids is 1. The van der Waals surface area contributed by atoms with Gasteiger partial charge in [0.05, 0.1) is 28.4 Å². The Morgan fingerprint density at radius 3 is 2.55 bits per heavy atom. The second-order valence-electron chi connectivity index (χ2n) is 7.98. The number of aromatic hydroxyl groups is 1. The van der Waals surface area contributed by atoms with Gasteiger partial charge in [-0.05, 0) is 71.5 Å². The van der Waals surface area contributed by atoms with Crippen molar-refractivity contribution in [1.82, 2.24) is 4.98 Å². The minimum Gasteiger partial charge on any atom is -0.508 e. The molecule has 0 unspecified atom stereocenters. The highest BCUT2D eigenvalue weighted by molar-refractivity contribution is 6.07. The van der Waals surface area contributed by atoms with Crippen molar-refractivity contribution in [2.24, 2.45) is 0 Å². The molecule has 3 aromatic carbocycles. The average Bonchev–Trinajstić information content (AvgIpc) is 3.24. The van der Waals surface area contributed by atoms with Gasteiger partial charge in [0.1, 0.15) is 12.4 Å². The normalized spacial score (nSPS) is 13.6. The van der Waals surface area contributed by atoms with Crippen LogP contribution in [0, 0.1) is 11.3 Å². The van der Waals surface area contributed by atoms with Gasteiger partial charge >= 0.3 is 5.97 Å². The summed E-state index contributed by atoms with van der Waals surface area (Å²) in [7, 11) is 0. The molecule has 1 aliphatic carbocycles. The van der Waals surface area contributed by atoms with Crippen LogP contribution in [-0.4, -0.2) is 16.1 Å². The van der Waals surface area contributed by atoms with E-state index in [0.29, 0.717) is 17.5 Å². The molecule has 160 valence electrons. The second-order valence-corrected chi connectivity index (χ2v) is 7.98. The topological polar surface area (TPSA) is 83.2 Å². The number of benzene rings is 3. The summed E-state index contributed by atoms with van der Waals surface area (Å²) in [6.07, 6.45) is 3.53. The molecule has 0 saturated heterocycles. The van der Waals surface area contributed by atoms with Crippen LogP contribution in [0.5, 0.6) is 5.75 Å². The number of fused-ring (bicyclic) bond motifs is 2. The summed E-state index contributed by atoms with van der Waals surface area (Å²) in [5, 5.41) is 19.3. The van der Waals surface area contributed by atoms with Crippen LogP contribution in [0.15, 0.2) is 72.8 Å². The van der Waals surface area contributed by atoms with Crippen LogP contribution in [0.25, 0.3) is 22.6 Å². The molecule has 5 heteroatoms. The lowest BCUT2D eigenvalue weighted by Gasteiger charge is -2.12. The van der Waals surface area contributed by atoms with E-state index in [1.165, 1.54) is 0 Å². The third kappa shape index (κ3) is 4.07. The highest BCUT2D eigenvalue weighted by Crippen LogP contribution is 2.38. The molecule has 0 atom stereocenters. The number of phenols is 1. The molecule has 0 spiro atoms. The summed E-state index contributed by atoms with van der Waals surface area (Å²) in [5.41, 5.74) is 6.47. The lowest BCUT2D eigenvalue weighted by Crippen LogP contribution is -2.10. The molecule has 0 amide bonds. The molecular formula is C28H20N2O3. The molecule has 5 rings (SSSR count). The molecule has 33 heavy (non-hydrogen) atoms. The minimum atomic E-state index is -0.375. The summed E-state index contributed by atoms with van der Waals surface area (Å²) in [4.78, 5) is 18.1. The number of esters is 1. The Morgan fingerprint density at radius 2 is 1.79 bits per heavy atom. The monoisotopic (exact) mass is 432 g/mol. The Morgan fingerprint density at radius 1 is 1.03 bits per heavy atom. The van der Waals surface area contributed by atoms with Gasteiger partial charge in [-0.2, -0.15) is 5.26 Å². The molecule has 0 aliphatic heterocycles. The van der Waals surface area contributed by atoms with E-state index in [1.807, 2.05) is 36.4 Å². The van der Waals surface area contributed by atoms with Gasteiger partial charge in [0, 0.05) is 5.39 Å². The predicted octanol–water partition coefficient (Wildman–Crippen LogP) is 5.66. The van der Waals surface area contributed by atoms with E-state index in [0.717, 1.165) is 45.3 Å². The zero-order valence-electron chi connectivity index (χ0n) is 17.8. The van der Waals surface area contributed by atoms with Crippen LogP contribution >= 0.6 is 0 Å². The van der Waals surface area contributed by atoms with Gasteiger partial charge in [-0.3, -0.25) is 0 Å². The lowest BCUT2D eigenvalue weighted by atomic mass is 10.0. The molecule has 1 aromatic heterocycles. The fraction of sp³-hybridized carbons (Fsp3) is 0.107. The molecule has 0 radical (unpaired) electrons. The van der Waals surface area contributed by atoms with Crippen molar-refractivity contribution in [3.8, 4) is 11.8 Å². The Balaban J connectivity index is 1.51. The zero-order chi connectivity index (χ0) is 22.8. The largest absolute Gasteiger partial charge is 0.508 e. The van der Waals surface area contributed by atoms with Crippen LogP contribution < -0.4 is 0 Å². The number of rotatable bonds is 4. The molecule has 4 aromatic rings. The first-order chi connectivity index (χ1) is 16.1. The third-order valence-corrected chi connectivity index (χ3v) is 5.83. The predicted molar refractivity (Wildman–Crippen MR) is 126 cm³/mol. The van der Waals surface area contributed by atoms with E-state index in [1.54, 1.807) is 36.4 Å². The van der Waals surface area contributed by atoms with E-state index < -0.39 is 0 Å². The van der Waals surface area contributed by atoms with Crippen molar-refractivity contribution in [2.45, 2.75) is 19.4 Å². The first kappa shape index (κ1) is 20.5. The minimum absolute atomic E-state index is 0.131. The Kier molecular flexibility index (Phi) is 5.34. The molecule has 1 N–H and O–H groups in total. The number of para-hydroxylation sites is 1. The first-order valence-electron chi connectivity index (χ1n) is 10.7. The van der Waals surface area contributed by atoms with Gasteiger partial charge in [0.2, 0.25) is 0 Å². The maximum Gasteiger partial charge on any atom is 0.339 e. The van der Waals surface area contributed by atoms with Gasteiger partial charge in [-0.1, -0.05) is 42.5 Å². The highest BCUT2D eigenvalue weighted by Gasteiger charge is 2.27. The molecule has 0 bridgehead atoms. The number of carbonyl (C=O) groups is 1. The quantitative estimate of drug-likeness (QED) is 0.421. The number of aromatic nitrogens is 1. The van der Waals surface area contributed by atoms with Crippen LogP contribution in [0.4, 0.5) is 0 Å². The molecule has 0 fully saturated rings. The average molecular weight is 432 g/mol. The second kappa shape index (κ2) is 8.60. The summed E-state index contributed by atoms with van der Waals surface area (Å²) in [6, 6.07) is 23.7. The van der Waals surface area contributed by atoms with Crippen molar-refractivity contribution in [3.05, 3.63) is 106 Å². The maximum atomic E-state index is 13.3. The SMILES string of the molecule is N#Cc1ccc(COC(=O)c2c3c(nc4ccccc24)/C(=C/c2ccc(O)cc2)CC3)cc1. The van der Waals surface area contributed by atoms with E-state index in [9.17, 15) is 9.90 Å². The van der Waals surface area contributed by atoms with E-state index in [2.05, 4.69) is 12.1 Å². The summed E-state index contributed by atoms with van der Waals surface area (Å²) in [5.74, 6) is -0.152. The van der Waals surface area contributed by atoms with E-state index >= 15 is 0 Å². The fourth-order valence-electron chi connectivity index (χ4n) is 4.18. The van der Waals surface area contributed by atoms with E-state index in [4.69, 9.17) is 15.0 Å².